The molecule has 156 valence electrons. The van der Waals surface area contributed by atoms with Crippen LogP contribution in [0.25, 0.3) is 0 Å². The molecule has 1 heterocycles. The lowest BCUT2D eigenvalue weighted by Gasteiger charge is -2.33. The Kier molecular flexibility index (Phi) is 7.00. The highest BCUT2D eigenvalue weighted by Gasteiger charge is 2.30. The van der Waals surface area contributed by atoms with Crippen molar-refractivity contribution in [2.24, 2.45) is 0 Å². The molecule has 1 fully saturated rings. The minimum absolute atomic E-state index is 0.0888. The van der Waals surface area contributed by atoms with Crippen LogP contribution in [0.5, 0.6) is 0 Å². The second-order valence-electron chi connectivity index (χ2n) is 7.23. The number of hydrogen-bond acceptors (Lipinski definition) is 5. The number of aryl methyl sites for hydroxylation is 2. The molecule has 0 saturated carbocycles. The smallest absolute Gasteiger partial charge is 0.243 e. The zero-order valence-corrected chi connectivity index (χ0v) is 18.6. The van der Waals surface area contributed by atoms with Gasteiger partial charge in [0.05, 0.1) is 11.4 Å². The number of amides is 1. The highest BCUT2D eigenvalue weighted by atomic mass is 32.2. The second-order valence-corrected chi connectivity index (χ2v) is 10.0. The van der Waals surface area contributed by atoms with Crippen molar-refractivity contribution in [3.63, 3.8) is 0 Å². The molecule has 0 atom stereocenters. The van der Waals surface area contributed by atoms with E-state index in [1.807, 2.05) is 61.4 Å². The standard InChI is InChI=1S/C21H27N3O3S2/c1-16-7-8-17(2)20(13-16)29(26,27)24-11-9-23(10-12-24)15-21(25)22-18-5-4-6-19(14-18)28-3/h4-8,13-14H,9-12,15H2,1-3H3,(H,22,25). The molecule has 0 unspecified atom stereocenters. The van der Waals surface area contributed by atoms with Crippen molar-refractivity contribution in [3.05, 3.63) is 53.6 Å². The molecule has 2 aromatic rings. The summed E-state index contributed by atoms with van der Waals surface area (Å²) in [5.74, 6) is -0.0888. The van der Waals surface area contributed by atoms with Crippen molar-refractivity contribution in [2.45, 2.75) is 23.6 Å². The van der Waals surface area contributed by atoms with Crippen LogP contribution in [0.4, 0.5) is 5.69 Å². The van der Waals surface area contributed by atoms with Gasteiger partial charge in [-0.2, -0.15) is 4.31 Å². The van der Waals surface area contributed by atoms with Gasteiger partial charge in [0.2, 0.25) is 15.9 Å². The van der Waals surface area contributed by atoms with Gasteiger partial charge < -0.3 is 5.32 Å². The Morgan fingerprint density at radius 3 is 2.48 bits per heavy atom. The van der Waals surface area contributed by atoms with Crippen molar-refractivity contribution in [1.29, 1.82) is 0 Å². The lowest BCUT2D eigenvalue weighted by atomic mass is 10.2. The molecule has 1 saturated heterocycles. The fourth-order valence-electron chi connectivity index (χ4n) is 3.36. The Morgan fingerprint density at radius 2 is 1.79 bits per heavy atom. The third-order valence-corrected chi connectivity index (χ3v) is 7.78. The Bertz CT molecular complexity index is 984. The van der Waals surface area contributed by atoms with Crippen molar-refractivity contribution in [1.82, 2.24) is 9.21 Å². The molecule has 3 rings (SSSR count). The molecule has 0 bridgehead atoms. The average Bonchev–Trinajstić information content (AvgIpc) is 2.70. The first kappa shape index (κ1) is 21.8. The molecule has 0 spiro atoms. The van der Waals surface area contributed by atoms with Gasteiger partial charge >= 0.3 is 0 Å². The number of hydrogen-bond donors (Lipinski definition) is 1. The molecule has 1 aliphatic heterocycles. The molecule has 2 aromatic carbocycles. The first-order chi connectivity index (χ1) is 13.8. The number of nitrogens with zero attached hydrogens (tertiary/aromatic N) is 2. The minimum atomic E-state index is -3.52. The van der Waals surface area contributed by atoms with E-state index in [0.717, 1.165) is 21.7 Å². The topological polar surface area (TPSA) is 69.7 Å². The quantitative estimate of drug-likeness (QED) is 0.710. The number of carbonyl (C=O) groups excluding carboxylic acids is 1. The summed E-state index contributed by atoms with van der Waals surface area (Å²) >= 11 is 1.62. The van der Waals surface area contributed by atoms with E-state index in [4.69, 9.17) is 0 Å². The maximum Gasteiger partial charge on any atom is 0.243 e. The Balaban J connectivity index is 1.57. The highest BCUT2D eigenvalue weighted by molar-refractivity contribution is 7.98. The molecule has 6 nitrogen and oxygen atoms in total. The second kappa shape index (κ2) is 9.30. The van der Waals surface area contributed by atoms with Crippen molar-refractivity contribution in [2.75, 3.05) is 44.3 Å². The molecule has 0 aromatic heterocycles. The van der Waals surface area contributed by atoms with Crippen LogP contribution in [0, 0.1) is 13.8 Å². The number of rotatable bonds is 6. The lowest BCUT2D eigenvalue weighted by Crippen LogP contribution is -2.50. The fraction of sp³-hybridized carbons (Fsp3) is 0.381. The monoisotopic (exact) mass is 433 g/mol. The van der Waals surface area contributed by atoms with Crippen LogP contribution in [-0.2, 0) is 14.8 Å². The number of benzene rings is 2. The summed E-state index contributed by atoms with van der Waals surface area (Å²) in [6.45, 7) is 5.78. The largest absolute Gasteiger partial charge is 0.325 e. The van der Waals surface area contributed by atoms with Crippen LogP contribution in [0.1, 0.15) is 11.1 Å². The maximum atomic E-state index is 13.0. The van der Waals surface area contributed by atoms with Crippen LogP contribution in [0.2, 0.25) is 0 Å². The zero-order chi connectivity index (χ0) is 21.0. The number of anilines is 1. The average molecular weight is 434 g/mol. The lowest BCUT2D eigenvalue weighted by molar-refractivity contribution is -0.117. The van der Waals surface area contributed by atoms with E-state index in [1.54, 1.807) is 17.8 Å². The molecule has 1 amide bonds. The van der Waals surface area contributed by atoms with Crippen molar-refractivity contribution in [3.8, 4) is 0 Å². The van der Waals surface area contributed by atoms with Gasteiger partial charge in [-0.25, -0.2) is 8.42 Å². The Labute approximate surface area is 177 Å². The fourth-order valence-corrected chi connectivity index (χ4v) is 5.55. The summed E-state index contributed by atoms with van der Waals surface area (Å²) in [6.07, 6.45) is 1.99. The van der Waals surface area contributed by atoms with Crippen LogP contribution in [0.3, 0.4) is 0 Å². The Hall–Kier alpha value is -1.87. The first-order valence-electron chi connectivity index (χ1n) is 9.53. The van der Waals surface area contributed by atoms with Crippen LogP contribution >= 0.6 is 11.8 Å². The van der Waals surface area contributed by atoms with E-state index in [2.05, 4.69) is 5.32 Å². The molecular weight excluding hydrogens is 406 g/mol. The van der Waals surface area contributed by atoms with Crippen molar-refractivity contribution < 1.29 is 13.2 Å². The van der Waals surface area contributed by atoms with Gasteiger partial charge in [0, 0.05) is 36.8 Å². The summed E-state index contributed by atoms with van der Waals surface area (Å²) in [6, 6.07) is 13.2. The van der Waals surface area contributed by atoms with Gasteiger partial charge in [-0.15, -0.1) is 11.8 Å². The normalized spacial score (nSPS) is 16.0. The predicted molar refractivity (Wildman–Crippen MR) is 118 cm³/mol. The number of thioether (sulfide) groups is 1. The summed E-state index contributed by atoms with van der Waals surface area (Å²) in [4.78, 5) is 15.8. The molecule has 8 heteroatoms. The maximum absolute atomic E-state index is 13.0. The minimum Gasteiger partial charge on any atom is -0.325 e. The van der Waals surface area contributed by atoms with Crippen LogP contribution in [0.15, 0.2) is 52.3 Å². The van der Waals surface area contributed by atoms with E-state index >= 15 is 0 Å². The number of nitrogens with one attached hydrogen (secondary N) is 1. The van der Waals surface area contributed by atoms with Gasteiger partial charge in [0.1, 0.15) is 0 Å². The van der Waals surface area contributed by atoms with Crippen LogP contribution in [-0.4, -0.2) is 62.5 Å². The Morgan fingerprint density at radius 1 is 1.07 bits per heavy atom. The highest BCUT2D eigenvalue weighted by Crippen LogP contribution is 2.23. The molecule has 29 heavy (non-hydrogen) atoms. The van der Waals surface area contributed by atoms with Gasteiger partial charge in [0.15, 0.2) is 0 Å². The third kappa shape index (κ3) is 5.39. The predicted octanol–water partition coefficient (Wildman–Crippen LogP) is 2.97. The number of sulfonamides is 1. The van der Waals surface area contributed by atoms with E-state index in [0.29, 0.717) is 31.1 Å². The van der Waals surface area contributed by atoms with E-state index in [-0.39, 0.29) is 12.5 Å². The van der Waals surface area contributed by atoms with Crippen molar-refractivity contribution >= 4 is 33.4 Å². The van der Waals surface area contributed by atoms with Gasteiger partial charge in [-0.05, 0) is 55.5 Å². The van der Waals surface area contributed by atoms with Gasteiger partial charge in [-0.3, -0.25) is 9.69 Å². The van der Waals surface area contributed by atoms with E-state index in [9.17, 15) is 13.2 Å². The third-order valence-electron chi connectivity index (χ3n) is 5.01. The zero-order valence-electron chi connectivity index (χ0n) is 17.0. The van der Waals surface area contributed by atoms with E-state index < -0.39 is 10.0 Å². The molecular formula is C21H27N3O3S2. The van der Waals surface area contributed by atoms with Gasteiger partial charge in [0.25, 0.3) is 0 Å². The SMILES string of the molecule is CSc1cccc(NC(=O)CN2CCN(S(=O)(=O)c3cc(C)ccc3C)CC2)c1. The number of carbonyl (C=O) groups is 1. The molecule has 0 radical (unpaired) electrons. The summed E-state index contributed by atoms with van der Waals surface area (Å²) < 4.78 is 27.6. The number of piperazine rings is 1. The molecule has 1 N–H and O–H groups in total. The molecule has 1 aliphatic rings. The molecule has 0 aliphatic carbocycles. The first-order valence-corrected chi connectivity index (χ1v) is 12.2. The summed E-state index contributed by atoms with van der Waals surface area (Å²) in [5.41, 5.74) is 2.46. The van der Waals surface area contributed by atoms with Crippen LogP contribution < -0.4 is 5.32 Å². The van der Waals surface area contributed by atoms with E-state index in [1.165, 1.54) is 4.31 Å². The summed E-state index contributed by atoms with van der Waals surface area (Å²) in [7, 11) is -3.52. The van der Waals surface area contributed by atoms with Gasteiger partial charge in [-0.1, -0.05) is 18.2 Å². The summed E-state index contributed by atoms with van der Waals surface area (Å²) in [5, 5.41) is 2.92.